The van der Waals surface area contributed by atoms with Crippen molar-refractivity contribution < 1.29 is 19.1 Å². The summed E-state index contributed by atoms with van der Waals surface area (Å²) in [5, 5.41) is 11.0. The molecule has 5 heteroatoms. The molecule has 1 saturated carbocycles. The van der Waals surface area contributed by atoms with Gasteiger partial charge in [0.05, 0.1) is 12.4 Å². The number of piperidine rings is 1. The van der Waals surface area contributed by atoms with Crippen LogP contribution in [0, 0.1) is 5.92 Å². The quantitative estimate of drug-likeness (QED) is 0.924. The molecule has 1 aromatic rings. The monoisotopic (exact) mass is 333 g/mol. The summed E-state index contributed by atoms with van der Waals surface area (Å²) in [6, 6.07) is 3.96. The molecule has 132 valence electrons. The third-order valence-electron chi connectivity index (χ3n) is 6.36. The van der Waals surface area contributed by atoms with Crippen molar-refractivity contribution in [1.29, 1.82) is 0 Å². The second-order valence-electron chi connectivity index (χ2n) is 7.76. The van der Waals surface area contributed by atoms with E-state index in [9.17, 15) is 9.90 Å². The number of carbonyl (C=O) groups excluding carboxylic acids is 1. The van der Waals surface area contributed by atoms with E-state index in [1.54, 1.807) is 13.4 Å². The van der Waals surface area contributed by atoms with Crippen LogP contribution >= 0.6 is 0 Å². The molecule has 3 atom stereocenters. The van der Waals surface area contributed by atoms with Crippen LogP contribution in [-0.4, -0.2) is 41.2 Å². The summed E-state index contributed by atoms with van der Waals surface area (Å²) in [5.74, 6) is 1.08. The van der Waals surface area contributed by atoms with Crippen molar-refractivity contribution in [3.05, 3.63) is 24.2 Å². The molecule has 1 aliphatic carbocycles. The van der Waals surface area contributed by atoms with Crippen molar-refractivity contribution in [3.8, 4) is 0 Å². The highest BCUT2D eigenvalue weighted by atomic mass is 16.5. The average Bonchev–Trinajstić information content (AvgIpc) is 3.23. The molecule has 0 radical (unpaired) electrons. The second-order valence-corrected chi connectivity index (χ2v) is 7.76. The first-order valence-electron chi connectivity index (χ1n) is 9.22. The first kappa shape index (κ1) is 16.2. The maximum absolute atomic E-state index is 13.1. The van der Waals surface area contributed by atoms with Crippen LogP contribution < -0.4 is 0 Å². The molecule has 0 aromatic carbocycles. The number of hydrogen-bond donors (Lipinski definition) is 1. The molecule has 24 heavy (non-hydrogen) atoms. The summed E-state index contributed by atoms with van der Waals surface area (Å²) >= 11 is 0. The Balaban J connectivity index is 1.46. The van der Waals surface area contributed by atoms with Gasteiger partial charge in [0.1, 0.15) is 11.4 Å². The van der Waals surface area contributed by atoms with E-state index >= 15 is 0 Å². The van der Waals surface area contributed by atoms with Gasteiger partial charge >= 0.3 is 0 Å². The lowest BCUT2D eigenvalue weighted by Gasteiger charge is -2.44. The number of aliphatic hydroxyl groups is 1. The number of rotatable bonds is 3. The lowest BCUT2D eigenvalue weighted by Crippen LogP contribution is -2.53. The van der Waals surface area contributed by atoms with Gasteiger partial charge in [0, 0.05) is 38.0 Å². The zero-order valence-electron chi connectivity index (χ0n) is 14.3. The highest BCUT2D eigenvalue weighted by Crippen LogP contribution is 2.47. The van der Waals surface area contributed by atoms with Gasteiger partial charge in [-0.05, 0) is 50.7 Å². The third kappa shape index (κ3) is 2.68. The number of carbonyl (C=O) groups is 1. The summed E-state index contributed by atoms with van der Waals surface area (Å²) < 4.78 is 10.9. The normalized spacial score (nSPS) is 39.2. The Kier molecular flexibility index (Phi) is 4.17. The van der Waals surface area contributed by atoms with E-state index in [1.165, 1.54) is 0 Å². The van der Waals surface area contributed by atoms with Crippen LogP contribution in [-0.2, 0) is 15.1 Å². The van der Waals surface area contributed by atoms with Crippen LogP contribution in [0.4, 0.5) is 0 Å². The van der Waals surface area contributed by atoms with E-state index < -0.39 is 5.60 Å². The number of furan rings is 1. The van der Waals surface area contributed by atoms with Crippen molar-refractivity contribution >= 4 is 5.91 Å². The predicted molar refractivity (Wildman–Crippen MR) is 88.2 cm³/mol. The maximum Gasteiger partial charge on any atom is 0.226 e. The first-order valence-corrected chi connectivity index (χ1v) is 9.22. The molecule has 2 bridgehead atoms. The van der Waals surface area contributed by atoms with Crippen LogP contribution in [0.3, 0.4) is 0 Å². The lowest BCUT2D eigenvalue weighted by atomic mass is 9.81. The molecule has 2 aliphatic heterocycles. The number of ether oxygens (including phenoxy) is 1. The molecule has 3 heterocycles. The number of hydrogen-bond acceptors (Lipinski definition) is 4. The standard InChI is InChI=1S/C19H27NO4/c1-23-16-8-4-13(5-9-16)18(21)20-14-6-7-15(20)12-19(22,11-14)17-3-2-10-24-17/h2-3,10,13-16,22H,4-9,11-12H2,1H3/t13?,14-,15+,16?,19?. The van der Waals surface area contributed by atoms with Crippen molar-refractivity contribution in [3.63, 3.8) is 0 Å². The Morgan fingerprint density at radius 3 is 2.42 bits per heavy atom. The van der Waals surface area contributed by atoms with E-state index in [-0.39, 0.29) is 18.0 Å². The van der Waals surface area contributed by atoms with E-state index in [4.69, 9.17) is 9.15 Å². The van der Waals surface area contributed by atoms with Gasteiger partial charge in [-0.3, -0.25) is 4.79 Å². The number of amides is 1. The van der Waals surface area contributed by atoms with Gasteiger partial charge in [-0.15, -0.1) is 0 Å². The molecule has 4 rings (SSSR count). The highest BCUT2D eigenvalue weighted by molar-refractivity contribution is 5.80. The molecule has 1 aromatic heterocycles. The topological polar surface area (TPSA) is 62.9 Å². The Morgan fingerprint density at radius 1 is 1.21 bits per heavy atom. The van der Waals surface area contributed by atoms with Crippen molar-refractivity contribution in [2.24, 2.45) is 5.92 Å². The Morgan fingerprint density at radius 2 is 1.88 bits per heavy atom. The third-order valence-corrected chi connectivity index (χ3v) is 6.36. The van der Waals surface area contributed by atoms with E-state index in [2.05, 4.69) is 4.90 Å². The van der Waals surface area contributed by atoms with Gasteiger partial charge < -0.3 is 19.2 Å². The molecule has 1 unspecified atom stereocenters. The summed E-state index contributed by atoms with van der Waals surface area (Å²) in [6.07, 6.45) is 8.91. The highest BCUT2D eigenvalue weighted by Gasteiger charge is 2.52. The molecule has 1 N–H and O–H groups in total. The second kappa shape index (κ2) is 6.19. The smallest absolute Gasteiger partial charge is 0.226 e. The van der Waals surface area contributed by atoms with Crippen molar-refractivity contribution in [2.45, 2.75) is 75.2 Å². The van der Waals surface area contributed by atoms with E-state index in [0.29, 0.717) is 30.6 Å². The van der Waals surface area contributed by atoms with Gasteiger partial charge in [-0.2, -0.15) is 0 Å². The maximum atomic E-state index is 13.1. The molecule has 2 saturated heterocycles. The first-order chi connectivity index (χ1) is 11.6. The molecular weight excluding hydrogens is 306 g/mol. The summed E-state index contributed by atoms with van der Waals surface area (Å²) in [5.41, 5.74) is -0.917. The average molecular weight is 333 g/mol. The molecule has 5 nitrogen and oxygen atoms in total. The number of nitrogens with zero attached hydrogens (tertiary/aromatic N) is 1. The number of fused-ring (bicyclic) bond motifs is 2. The van der Waals surface area contributed by atoms with E-state index in [0.717, 1.165) is 38.5 Å². The van der Waals surface area contributed by atoms with Crippen LogP contribution in [0.5, 0.6) is 0 Å². The van der Waals surface area contributed by atoms with Gasteiger partial charge in [-0.1, -0.05) is 0 Å². The largest absolute Gasteiger partial charge is 0.466 e. The minimum absolute atomic E-state index is 0.134. The van der Waals surface area contributed by atoms with Gasteiger partial charge in [-0.25, -0.2) is 0 Å². The fourth-order valence-electron chi connectivity index (χ4n) is 5.09. The van der Waals surface area contributed by atoms with Crippen molar-refractivity contribution in [2.75, 3.05) is 7.11 Å². The van der Waals surface area contributed by atoms with Crippen LogP contribution in [0.2, 0.25) is 0 Å². The van der Waals surface area contributed by atoms with Gasteiger partial charge in [0.15, 0.2) is 0 Å². The summed E-state index contributed by atoms with van der Waals surface area (Å²) in [7, 11) is 1.76. The van der Waals surface area contributed by atoms with E-state index in [1.807, 2.05) is 12.1 Å². The SMILES string of the molecule is COC1CCC(C(=O)N2[C@@H]3CC[C@H]2CC(O)(c2ccco2)C3)CC1. The summed E-state index contributed by atoms with van der Waals surface area (Å²) in [4.78, 5) is 15.2. The molecule has 0 spiro atoms. The zero-order valence-corrected chi connectivity index (χ0v) is 14.3. The molecule has 1 amide bonds. The predicted octanol–water partition coefficient (Wildman–Crippen LogP) is 2.83. The van der Waals surface area contributed by atoms with Crippen LogP contribution in [0.15, 0.2) is 22.8 Å². The van der Waals surface area contributed by atoms with Gasteiger partial charge in [0.25, 0.3) is 0 Å². The van der Waals surface area contributed by atoms with Gasteiger partial charge in [0.2, 0.25) is 5.91 Å². The number of methoxy groups -OCH3 is 1. The fraction of sp³-hybridized carbons (Fsp3) is 0.737. The van der Waals surface area contributed by atoms with Crippen LogP contribution in [0.1, 0.15) is 57.1 Å². The zero-order chi connectivity index (χ0) is 16.7. The summed E-state index contributed by atoms with van der Waals surface area (Å²) in [6.45, 7) is 0. The molecule has 3 aliphatic rings. The van der Waals surface area contributed by atoms with Crippen LogP contribution in [0.25, 0.3) is 0 Å². The minimum Gasteiger partial charge on any atom is -0.466 e. The lowest BCUT2D eigenvalue weighted by molar-refractivity contribution is -0.149. The molecule has 3 fully saturated rings. The minimum atomic E-state index is -0.917. The molecular formula is C19H27NO4. The van der Waals surface area contributed by atoms with Crippen molar-refractivity contribution in [1.82, 2.24) is 4.90 Å². The Bertz CT molecular complexity index is 562. The fourth-order valence-corrected chi connectivity index (χ4v) is 5.09. The Hall–Kier alpha value is -1.33. The Labute approximate surface area is 143 Å².